The molecule has 0 aliphatic carbocycles. The summed E-state index contributed by atoms with van der Waals surface area (Å²) in [7, 11) is 0. The molecule has 0 aromatic heterocycles. The van der Waals surface area contributed by atoms with Gasteiger partial charge in [-0.3, -0.25) is 0 Å². The Balaban J connectivity index is 1.66. The Morgan fingerprint density at radius 3 is 1.84 bits per heavy atom. The zero-order chi connectivity index (χ0) is 22.2. The van der Waals surface area contributed by atoms with Gasteiger partial charge >= 0.3 is 0 Å². The van der Waals surface area contributed by atoms with Crippen LogP contribution in [0.25, 0.3) is 0 Å². The summed E-state index contributed by atoms with van der Waals surface area (Å²) < 4.78 is 11.7. The summed E-state index contributed by atoms with van der Waals surface area (Å²) in [6.07, 6.45) is 15.4. The summed E-state index contributed by atoms with van der Waals surface area (Å²) in [6, 6.07) is 16.2. The molecule has 2 rings (SSSR count). The highest BCUT2D eigenvalue weighted by atomic mass is 32.1. The van der Waals surface area contributed by atoms with Crippen LogP contribution < -0.4 is 9.47 Å². The second-order valence-corrected chi connectivity index (χ2v) is 8.71. The van der Waals surface area contributed by atoms with E-state index >= 15 is 0 Å². The number of ether oxygens (including phenoxy) is 2. The van der Waals surface area contributed by atoms with E-state index in [1.165, 1.54) is 69.8 Å². The molecule has 0 heterocycles. The SMILES string of the molecule is CCCCCCCCCCOc1ccc(C(=S)Oc2ccc(CCCCC)cc2)cc1. The predicted octanol–water partition coefficient (Wildman–Crippen LogP) is 8.69. The lowest BCUT2D eigenvalue weighted by atomic mass is 10.1. The van der Waals surface area contributed by atoms with E-state index in [9.17, 15) is 0 Å². The minimum absolute atomic E-state index is 0.494. The molecule has 0 saturated carbocycles. The van der Waals surface area contributed by atoms with Crippen LogP contribution in [0.5, 0.6) is 11.5 Å². The first-order valence-corrected chi connectivity index (χ1v) is 12.7. The Morgan fingerprint density at radius 1 is 0.645 bits per heavy atom. The summed E-state index contributed by atoms with van der Waals surface area (Å²) in [5, 5.41) is 0.494. The van der Waals surface area contributed by atoms with E-state index in [0.717, 1.165) is 36.5 Å². The third-order valence-electron chi connectivity index (χ3n) is 5.56. The van der Waals surface area contributed by atoms with Crippen LogP contribution in [-0.2, 0) is 6.42 Å². The van der Waals surface area contributed by atoms with Gasteiger partial charge in [0.2, 0.25) is 0 Å². The lowest BCUT2D eigenvalue weighted by Gasteiger charge is -2.10. The monoisotopic (exact) mass is 440 g/mol. The van der Waals surface area contributed by atoms with Gasteiger partial charge in [0.25, 0.3) is 0 Å². The van der Waals surface area contributed by atoms with Crippen LogP contribution in [-0.4, -0.2) is 11.7 Å². The molecule has 2 aromatic carbocycles. The molecule has 0 unspecified atom stereocenters. The van der Waals surface area contributed by atoms with Crippen molar-refractivity contribution >= 4 is 17.3 Å². The van der Waals surface area contributed by atoms with Crippen molar-refractivity contribution in [2.75, 3.05) is 6.61 Å². The van der Waals surface area contributed by atoms with E-state index in [2.05, 4.69) is 26.0 Å². The molecule has 0 saturated heterocycles. The highest BCUT2D eigenvalue weighted by Gasteiger charge is 2.05. The van der Waals surface area contributed by atoms with Crippen molar-refractivity contribution in [2.45, 2.75) is 90.9 Å². The predicted molar refractivity (Wildman–Crippen MR) is 137 cm³/mol. The summed E-state index contributed by atoms with van der Waals surface area (Å²) in [4.78, 5) is 0. The van der Waals surface area contributed by atoms with E-state index in [4.69, 9.17) is 21.7 Å². The van der Waals surface area contributed by atoms with Crippen molar-refractivity contribution in [3.8, 4) is 11.5 Å². The molecule has 0 N–H and O–H groups in total. The normalized spacial score (nSPS) is 10.8. The number of hydrogen-bond donors (Lipinski definition) is 0. The van der Waals surface area contributed by atoms with Crippen LogP contribution in [0, 0.1) is 0 Å². The number of benzene rings is 2. The Morgan fingerprint density at radius 2 is 1.19 bits per heavy atom. The lowest BCUT2D eigenvalue weighted by Crippen LogP contribution is -2.07. The van der Waals surface area contributed by atoms with E-state index in [-0.39, 0.29) is 0 Å². The Bertz CT molecular complexity index is 722. The molecule has 0 bridgehead atoms. The number of thiocarbonyl (C=S) groups is 1. The Labute approximate surface area is 195 Å². The molecular weight excluding hydrogens is 400 g/mol. The number of rotatable bonds is 16. The molecular formula is C28H40O2S. The van der Waals surface area contributed by atoms with Crippen molar-refractivity contribution in [2.24, 2.45) is 0 Å². The molecule has 170 valence electrons. The van der Waals surface area contributed by atoms with Gasteiger partial charge in [-0.15, -0.1) is 0 Å². The van der Waals surface area contributed by atoms with Crippen LogP contribution in [0.15, 0.2) is 48.5 Å². The fourth-order valence-electron chi connectivity index (χ4n) is 3.58. The van der Waals surface area contributed by atoms with Crippen LogP contribution in [0.3, 0.4) is 0 Å². The van der Waals surface area contributed by atoms with E-state index in [0.29, 0.717) is 5.05 Å². The van der Waals surface area contributed by atoms with Gasteiger partial charge in [0.1, 0.15) is 11.5 Å². The third kappa shape index (κ3) is 10.8. The first-order chi connectivity index (χ1) is 15.2. The van der Waals surface area contributed by atoms with Gasteiger partial charge in [-0.1, -0.05) is 83.8 Å². The van der Waals surface area contributed by atoms with Crippen LogP contribution in [0.4, 0.5) is 0 Å². The van der Waals surface area contributed by atoms with Gasteiger partial charge in [0.15, 0.2) is 5.05 Å². The first-order valence-electron chi connectivity index (χ1n) is 12.3. The maximum absolute atomic E-state index is 5.87. The molecule has 2 nitrogen and oxygen atoms in total. The standard InChI is InChI=1S/C28H40O2S/c1-3-5-7-8-9-10-11-13-23-29-26-21-17-25(18-22-26)28(31)30-27-19-15-24(16-20-27)14-12-6-4-2/h15-22H,3-14,23H2,1-2H3. The minimum atomic E-state index is 0.494. The number of aryl methyl sites for hydroxylation is 1. The minimum Gasteiger partial charge on any atom is -0.494 e. The van der Waals surface area contributed by atoms with Gasteiger partial charge < -0.3 is 9.47 Å². The van der Waals surface area contributed by atoms with Crippen molar-refractivity contribution in [1.82, 2.24) is 0 Å². The summed E-state index contributed by atoms with van der Waals surface area (Å²) in [5.41, 5.74) is 2.26. The summed E-state index contributed by atoms with van der Waals surface area (Å²) >= 11 is 5.47. The Hall–Kier alpha value is -1.87. The first kappa shape index (κ1) is 25.4. The second kappa shape index (κ2) is 15.9. The maximum atomic E-state index is 5.87. The molecule has 0 amide bonds. The van der Waals surface area contributed by atoms with Gasteiger partial charge in [-0.05, 0) is 73.4 Å². The van der Waals surface area contributed by atoms with Gasteiger partial charge in [0, 0.05) is 5.56 Å². The largest absolute Gasteiger partial charge is 0.494 e. The quantitative estimate of drug-likeness (QED) is 0.192. The molecule has 31 heavy (non-hydrogen) atoms. The third-order valence-corrected chi connectivity index (χ3v) is 5.88. The molecule has 0 atom stereocenters. The van der Waals surface area contributed by atoms with Crippen molar-refractivity contribution in [3.63, 3.8) is 0 Å². The summed E-state index contributed by atoms with van der Waals surface area (Å²) in [5.74, 6) is 1.69. The molecule has 0 radical (unpaired) electrons. The molecule has 0 aliphatic rings. The average molecular weight is 441 g/mol. The zero-order valence-electron chi connectivity index (χ0n) is 19.5. The van der Waals surface area contributed by atoms with Gasteiger partial charge in [-0.25, -0.2) is 0 Å². The second-order valence-electron chi connectivity index (χ2n) is 8.34. The molecule has 2 aromatic rings. The number of unbranched alkanes of at least 4 members (excludes halogenated alkanes) is 9. The lowest BCUT2D eigenvalue weighted by molar-refractivity contribution is 0.304. The van der Waals surface area contributed by atoms with Gasteiger partial charge in [-0.2, -0.15) is 0 Å². The fraction of sp³-hybridized carbons (Fsp3) is 0.536. The zero-order valence-corrected chi connectivity index (χ0v) is 20.4. The van der Waals surface area contributed by atoms with Crippen molar-refractivity contribution in [1.29, 1.82) is 0 Å². The highest BCUT2D eigenvalue weighted by molar-refractivity contribution is 7.80. The Kier molecular flexibility index (Phi) is 13.0. The fourth-order valence-corrected chi connectivity index (χ4v) is 3.81. The topological polar surface area (TPSA) is 18.5 Å². The van der Waals surface area contributed by atoms with E-state index < -0.39 is 0 Å². The van der Waals surface area contributed by atoms with Crippen LogP contribution in [0.1, 0.15) is 95.6 Å². The molecule has 0 fully saturated rings. The van der Waals surface area contributed by atoms with Crippen molar-refractivity contribution < 1.29 is 9.47 Å². The van der Waals surface area contributed by atoms with E-state index in [1.807, 2.05) is 36.4 Å². The smallest absolute Gasteiger partial charge is 0.198 e. The van der Waals surface area contributed by atoms with Crippen molar-refractivity contribution in [3.05, 3.63) is 59.7 Å². The molecule has 0 spiro atoms. The molecule has 0 aliphatic heterocycles. The maximum Gasteiger partial charge on any atom is 0.198 e. The summed E-state index contributed by atoms with van der Waals surface area (Å²) in [6.45, 7) is 5.27. The van der Waals surface area contributed by atoms with E-state index in [1.54, 1.807) is 0 Å². The van der Waals surface area contributed by atoms with Crippen LogP contribution >= 0.6 is 12.2 Å². The van der Waals surface area contributed by atoms with Gasteiger partial charge in [0.05, 0.1) is 6.61 Å². The average Bonchev–Trinajstić information content (AvgIpc) is 2.79. The number of hydrogen-bond acceptors (Lipinski definition) is 3. The van der Waals surface area contributed by atoms with Crippen LogP contribution in [0.2, 0.25) is 0 Å². The highest BCUT2D eigenvalue weighted by Crippen LogP contribution is 2.19. The molecule has 3 heteroatoms.